The van der Waals surface area contributed by atoms with Crippen LogP contribution in [0.4, 0.5) is 8.78 Å². The summed E-state index contributed by atoms with van der Waals surface area (Å²) in [6.07, 6.45) is 7.13. The molecule has 5 nitrogen and oxygen atoms in total. The van der Waals surface area contributed by atoms with Crippen LogP contribution in [0, 0.1) is 41.4 Å². The maximum absolute atomic E-state index is 13.1. The van der Waals surface area contributed by atoms with E-state index in [9.17, 15) is 26.5 Å². The van der Waals surface area contributed by atoms with Crippen LogP contribution in [0.25, 0.3) is 0 Å². The van der Waals surface area contributed by atoms with Crippen LogP contribution in [0.3, 0.4) is 0 Å². The minimum Gasteiger partial charge on any atom is -0.743 e. The van der Waals surface area contributed by atoms with Crippen LogP contribution in [0.2, 0.25) is 0 Å². The van der Waals surface area contributed by atoms with Gasteiger partial charge in [0.2, 0.25) is 0 Å². The van der Waals surface area contributed by atoms with Crippen LogP contribution in [0.15, 0.2) is 12.2 Å². The third-order valence-corrected chi connectivity index (χ3v) is 7.17. The highest BCUT2D eigenvalue weighted by molar-refractivity contribution is 7.86. The lowest BCUT2D eigenvalue weighted by atomic mass is 9.69. The first-order chi connectivity index (χ1) is 10.7. The fraction of sp³-hybridized carbons (Fsp3) is 0.800. The van der Waals surface area contributed by atoms with Crippen LogP contribution in [-0.2, 0) is 19.6 Å². The molecule has 4 aliphatic rings. The SMILES string of the molecule is O=C(OCC(F)(F)S(=O)(=O)[O-])C1CC2CC1C1C3C=CC(C3)C21. The van der Waals surface area contributed by atoms with Crippen molar-refractivity contribution < 1.29 is 31.3 Å². The molecule has 0 radical (unpaired) electrons. The molecule has 0 aromatic heterocycles. The third kappa shape index (κ3) is 2.17. The topological polar surface area (TPSA) is 83.5 Å². The normalized spacial score (nSPS) is 43.9. The summed E-state index contributed by atoms with van der Waals surface area (Å²) in [5.41, 5.74) is 0. The van der Waals surface area contributed by atoms with Crippen molar-refractivity contribution in [3.63, 3.8) is 0 Å². The number of hydrogen-bond acceptors (Lipinski definition) is 5. The Labute approximate surface area is 132 Å². The van der Waals surface area contributed by atoms with Gasteiger partial charge >= 0.3 is 11.2 Å². The van der Waals surface area contributed by atoms with E-state index in [0.29, 0.717) is 36.0 Å². The van der Waals surface area contributed by atoms with Gasteiger partial charge in [0.25, 0.3) is 0 Å². The van der Waals surface area contributed by atoms with Gasteiger partial charge in [0.05, 0.1) is 5.92 Å². The molecule has 0 spiro atoms. The Morgan fingerprint density at radius 1 is 1.17 bits per heavy atom. The van der Waals surface area contributed by atoms with Crippen molar-refractivity contribution in [2.75, 3.05) is 6.61 Å². The maximum atomic E-state index is 13.1. The quantitative estimate of drug-likeness (QED) is 0.335. The van der Waals surface area contributed by atoms with E-state index in [1.807, 2.05) is 0 Å². The second kappa shape index (κ2) is 4.75. The molecule has 4 bridgehead atoms. The van der Waals surface area contributed by atoms with Crippen LogP contribution < -0.4 is 0 Å². The van der Waals surface area contributed by atoms with Gasteiger partial charge < -0.3 is 9.29 Å². The molecule has 7 atom stereocenters. The number of halogens is 2. The average molecular weight is 347 g/mol. The number of fused-ring (bicyclic) bond motifs is 9. The highest BCUT2D eigenvalue weighted by Gasteiger charge is 2.62. The van der Waals surface area contributed by atoms with E-state index in [4.69, 9.17) is 0 Å². The lowest BCUT2D eigenvalue weighted by molar-refractivity contribution is -0.157. The van der Waals surface area contributed by atoms with Crippen molar-refractivity contribution in [1.82, 2.24) is 0 Å². The van der Waals surface area contributed by atoms with Crippen molar-refractivity contribution in [3.05, 3.63) is 12.2 Å². The Bertz CT molecular complexity index is 673. The number of carbonyl (C=O) groups excluding carboxylic acids is 1. The molecule has 0 amide bonds. The number of esters is 1. The summed E-state index contributed by atoms with van der Waals surface area (Å²) in [6.45, 7) is -1.69. The van der Waals surface area contributed by atoms with Crippen molar-refractivity contribution in [2.24, 2.45) is 41.4 Å². The molecule has 0 saturated heterocycles. The van der Waals surface area contributed by atoms with Crippen LogP contribution in [0.1, 0.15) is 19.3 Å². The largest absolute Gasteiger partial charge is 0.743 e. The predicted molar refractivity (Wildman–Crippen MR) is 73.0 cm³/mol. The summed E-state index contributed by atoms with van der Waals surface area (Å²) in [4.78, 5) is 12.1. The van der Waals surface area contributed by atoms with E-state index in [-0.39, 0.29) is 5.92 Å². The molecule has 128 valence electrons. The molecule has 0 aromatic carbocycles. The number of hydrogen-bond donors (Lipinski definition) is 0. The summed E-state index contributed by atoms with van der Waals surface area (Å²) in [7, 11) is -5.82. The first-order valence-corrected chi connectivity index (χ1v) is 9.28. The van der Waals surface area contributed by atoms with E-state index in [1.165, 1.54) is 0 Å². The maximum Gasteiger partial charge on any atom is 0.367 e. The summed E-state index contributed by atoms with van der Waals surface area (Å²) in [6, 6.07) is 0. The van der Waals surface area contributed by atoms with Crippen LogP contribution in [0.5, 0.6) is 0 Å². The van der Waals surface area contributed by atoms with Crippen molar-refractivity contribution >= 4 is 16.1 Å². The highest BCUT2D eigenvalue weighted by Crippen LogP contribution is 2.67. The zero-order valence-corrected chi connectivity index (χ0v) is 13.0. The highest BCUT2D eigenvalue weighted by atomic mass is 32.2. The molecular formula is C15H17F2O5S-. The number of rotatable bonds is 4. The second-order valence-electron chi connectivity index (χ2n) is 7.30. The second-order valence-corrected chi connectivity index (χ2v) is 8.81. The molecule has 3 fully saturated rings. The number of allylic oxidation sites excluding steroid dienone is 2. The summed E-state index contributed by atoms with van der Waals surface area (Å²) in [5.74, 6) is 1.41. The van der Waals surface area contributed by atoms with Crippen LogP contribution >= 0.6 is 0 Å². The lowest BCUT2D eigenvalue weighted by Crippen LogP contribution is -2.39. The monoisotopic (exact) mass is 347 g/mol. The van der Waals surface area contributed by atoms with Crippen LogP contribution in [-0.4, -0.2) is 30.8 Å². The minimum atomic E-state index is -5.82. The molecule has 4 rings (SSSR count). The van der Waals surface area contributed by atoms with Gasteiger partial charge in [-0.3, -0.25) is 4.79 Å². The molecule has 0 heterocycles. The summed E-state index contributed by atoms with van der Waals surface area (Å²) < 4.78 is 62.1. The number of alkyl halides is 2. The predicted octanol–water partition coefficient (Wildman–Crippen LogP) is 1.76. The zero-order chi connectivity index (χ0) is 16.6. The molecule has 0 aromatic rings. The van der Waals surface area contributed by atoms with E-state index in [0.717, 1.165) is 12.8 Å². The Morgan fingerprint density at radius 2 is 1.83 bits per heavy atom. The molecule has 8 heteroatoms. The fourth-order valence-corrected chi connectivity index (χ4v) is 5.82. The van der Waals surface area contributed by atoms with Gasteiger partial charge in [-0.15, -0.1) is 0 Å². The first kappa shape index (κ1) is 15.5. The van der Waals surface area contributed by atoms with Gasteiger partial charge in [-0.25, -0.2) is 8.42 Å². The average Bonchev–Trinajstić information content (AvgIpc) is 3.20. The van der Waals surface area contributed by atoms with Gasteiger partial charge in [-0.05, 0) is 54.8 Å². The third-order valence-electron chi connectivity index (χ3n) is 6.32. The fourth-order valence-electron chi connectivity index (χ4n) is 5.62. The van der Waals surface area contributed by atoms with Gasteiger partial charge in [-0.1, -0.05) is 12.2 Å². The summed E-state index contributed by atoms with van der Waals surface area (Å²) in [5, 5.41) is -4.57. The number of carbonyl (C=O) groups is 1. The van der Waals surface area contributed by atoms with Gasteiger partial charge in [0.1, 0.15) is 0 Å². The molecule has 4 aliphatic carbocycles. The van der Waals surface area contributed by atoms with E-state index in [1.54, 1.807) is 0 Å². The molecule has 3 saturated carbocycles. The Balaban J connectivity index is 1.43. The minimum absolute atomic E-state index is 0.134. The molecule has 23 heavy (non-hydrogen) atoms. The van der Waals surface area contributed by atoms with Gasteiger partial charge in [-0.2, -0.15) is 8.78 Å². The van der Waals surface area contributed by atoms with E-state index >= 15 is 0 Å². The Kier molecular flexibility index (Phi) is 3.20. The molecule has 0 aliphatic heterocycles. The summed E-state index contributed by atoms with van der Waals surface area (Å²) >= 11 is 0. The van der Waals surface area contributed by atoms with Gasteiger partial charge in [0.15, 0.2) is 16.7 Å². The van der Waals surface area contributed by atoms with Crippen molar-refractivity contribution in [1.29, 1.82) is 0 Å². The molecular weight excluding hydrogens is 330 g/mol. The molecule has 0 N–H and O–H groups in total. The molecule has 7 unspecified atom stereocenters. The standard InChI is InChI=1S/C15H18F2O5S/c16-15(17,23(19,20)21)6-22-14(18)11-5-9-4-10(11)13-8-2-1-7(3-8)12(9)13/h1-2,7-13H,3-6H2,(H,19,20,21)/p-1. The van der Waals surface area contributed by atoms with Crippen molar-refractivity contribution in [3.8, 4) is 0 Å². The smallest absolute Gasteiger partial charge is 0.367 e. The Hall–Kier alpha value is -1.02. The number of ether oxygens (including phenoxy) is 1. The van der Waals surface area contributed by atoms with Crippen molar-refractivity contribution in [2.45, 2.75) is 24.5 Å². The lowest BCUT2D eigenvalue weighted by Gasteiger charge is -2.35. The Morgan fingerprint density at radius 3 is 2.48 bits per heavy atom. The van der Waals surface area contributed by atoms with E-state index in [2.05, 4.69) is 16.9 Å². The van der Waals surface area contributed by atoms with Gasteiger partial charge in [0, 0.05) is 0 Å². The first-order valence-electron chi connectivity index (χ1n) is 7.87. The van der Waals surface area contributed by atoms with E-state index < -0.39 is 33.9 Å². The zero-order valence-electron chi connectivity index (χ0n) is 12.2.